The maximum absolute atomic E-state index is 10.6. The highest BCUT2D eigenvalue weighted by Gasteiger charge is 2.07. The molecular formula is C8H8N4O2. The number of hydrogen-bond donors (Lipinski definition) is 1. The summed E-state index contributed by atoms with van der Waals surface area (Å²) in [5.74, 6) is 0.0554. The number of carboxylic acid groups (broad SMARTS) is 1. The largest absolute Gasteiger partial charge is 0.478 e. The van der Waals surface area contributed by atoms with Crippen molar-refractivity contribution in [3.8, 4) is 0 Å². The second-order valence-corrected chi connectivity index (χ2v) is 2.77. The summed E-state index contributed by atoms with van der Waals surface area (Å²) in [5.41, 5.74) is 0.102. The Labute approximate surface area is 79.2 Å². The summed E-state index contributed by atoms with van der Waals surface area (Å²) in [6.07, 6.45) is 3.37. The van der Waals surface area contributed by atoms with E-state index in [0.717, 1.165) is 0 Å². The number of carbonyl (C=O) groups is 1. The van der Waals surface area contributed by atoms with Crippen LogP contribution in [0.3, 0.4) is 0 Å². The van der Waals surface area contributed by atoms with Crippen LogP contribution in [0.25, 0.3) is 5.78 Å². The molecule has 0 saturated heterocycles. The van der Waals surface area contributed by atoms with Crippen LogP contribution in [-0.2, 0) is 6.42 Å². The summed E-state index contributed by atoms with van der Waals surface area (Å²) in [7, 11) is 0. The van der Waals surface area contributed by atoms with E-state index in [1.54, 1.807) is 0 Å². The fourth-order valence-electron chi connectivity index (χ4n) is 1.09. The second kappa shape index (κ2) is 3.06. The molecule has 0 aliphatic rings. The van der Waals surface area contributed by atoms with Gasteiger partial charge in [0.1, 0.15) is 0 Å². The molecule has 0 fully saturated rings. The Morgan fingerprint density at radius 3 is 3.07 bits per heavy atom. The number of hydrogen-bond acceptors (Lipinski definition) is 4. The predicted molar refractivity (Wildman–Crippen MR) is 47.1 cm³/mol. The van der Waals surface area contributed by atoms with Crippen LogP contribution < -0.4 is 0 Å². The molecule has 2 aromatic heterocycles. The first-order chi connectivity index (χ1) is 6.70. The summed E-state index contributed by atoms with van der Waals surface area (Å²) in [4.78, 5) is 18.6. The first-order valence-corrected chi connectivity index (χ1v) is 4.15. The van der Waals surface area contributed by atoms with Crippen LogP contribution in [0.2, 0.25) is 0 Å². The zero-order valence-corrected chi connectivity index (χ0v) is 7.51. The second-order valence-electron chi connectivity index (χ2n) is 2.77. The highest BCUT2D eigenvalue weighted by Crippen LogP contribution is 2.01. The van der Waals surface area contributed by atoms with Crippen molar-refractivity contribution in [2.24, 2.45) is 0 Å². The lowest BCUT2D eigenvalue weighted by Gasteiger charge is -1.92. The zero-order valence-electron chi connectivity index (χ0n) is 7.51. The molecule has 0 aliphatic heterocycles. The minimum absolute atomic E-state index is 0.102. The normalized spacial score (nSPS) is 10.6. The van der Waals surface area contributed by atoms with E-state index in [9.17, 15) is 4.79 Å². The SMILES string of the molecule is CCc1nc2ncc(C(=O)O)cn2n1. The maximum atomic E-state index is 10.6. The quantitative estimate of drug-likeness (QED) is 0.744. The topological polar surface area (TPSA) is 80.4 Å². The van der Waals surface area contributed by atoms with Crippen LogP contribution in [0, 0.1) is 0 Å². The molecular weight excluding hydrogens is 184 g/mol. The van der Waals surface area contributed by atoms with Crippen molar-refractivity contribution in [2.45, 2.75) is 13.3 Å². The summed E-state index contributed by atoms with van der Waals surface area (Å²) in [5, 5.41) is 12.8. The molecule has 6 nitrogen and oxygen atoms in total. The maximum Gasteiger partial charge on any atom is 0.338 e. The molecule has 0 spiro atoms. The average molecular weight is 192 g/mol. The minimum Gasteiger partial charge on any atom is -0.478 e. The van der Waals surface area contributed by atoms with Gasteiger partial charge in [0.15, 0.2) is 5.82 Å². The van der Waals surface area contributed by atoms with Gasteiger partial charge >= 0.3 is 5.97 Å². The molecule has 0 aromatic carbocycles. The van der Waals surface area contributed by atoms with Gasteiger partial charge in [-0.05, 0) is 0 Å². The van der Waals surface area contributed by atoms with E-state index in [4.69, 9.17) is 5.11 Å². The van der Waals surface area contributed by atoms with Gasteiger partial charge in [-0.25, -0.2) is 14.3 Å². The number of nitrogens with zero attached hydrogens (tertiary/aromatic N) is 4. The molecule has 2 aromatic rings. The number of aromatic nitrogens is 4. The van der Waals surface area contributed by atoms with Gasteiger partial charge in [-0.2, -0.15) is 4.98 Å². The van der Waals surface area contributed by atoms with Crippen molar-refractivity contribution >= 4 is 11.7 Å². The van der Waals surface area contributed by atoms with E-state index in [1.165, 1.54) is 16.9 Å². The predicted octanol–water partition coefficient (Wildman–Crippen LogP) is 0.385. The molecule has 0 bridgehead atoms. The molecule has 2 heterocycles. The summed E-state index contributed by atoms with van der Waals surface area (Å²) in [6, 6.07) is 0. The van der Waals surface area contributed by atoms with Crippen molar-refractivity contribution < 1.29 is 9.90 Å². The molecule has 0 saturated carbocycles. The number of rotatable bonds is 2. The van der Waals surface area contributed by atoms with E-state index in [1.807, 2.05) is 6.92 Å². The van der Waals surface area contributed by atoms with Crippen LogP contribution in [-0.4, -0.2) is 30.7 Å². The lowest BCUT2D eigenvalue weighted by molar-refractivity contribution is 0.0695. The molecule has 72 valence electrons. The highest BCUT2D eigenvalue weighted by molar-refractivity contribution is 5.86. The third-order valence-corrected chi connectivity index (χ3v) is 1.80. The average Bonchev–Trinajstić information content (AvgIpc) is 2.58. The van der Waals surface area contributed by atoms with Crippen molar-refractivity contribution in [3.63, 3.8) is 0 Å². The summed E-state index contributed by atoms with van der Waals surface area (Å²) in [6.45, 7) is 1.92. The molecule has 2 rings (SSSR count). The van der Waals surface area contributed by atoms with Crippen LogP contribution in [0.5, 0.6) is 0 Å². The Balaban J connectivity index is 2.59. The van der Waals surface area contributed by atoms with Crippen molar-refractivity contribution in [3.05, 3.63) is 23.8 Å². The highest BCUT2D eigenvalue weighted by atomic mass is 16.4. The van der Waals surface area contributed by atoms with Crippen molar-refractivity contribution in [1.29, 1.82) is 0 Å². The van der Waals surface area contributed by atoms with E-state index < -0.39 is 5.97 Å². The van der Waals surface area contributed by atoms with Crippen LogP contribution in [0.15, 0.2) is 12.4 Å². The van der Waals surface area contributed by atoms with Gasteiger partial charge in [-0.1, -0.05) is 6.92 Å². The Morgan fingerprint density at radius 1 is 1.64 bits per heavy atom. The van der Waals surface area contributed by atoms with Gasteiger partial charge in [-0.15, -0.1) is 5.10 Å². The molecule has 1 N–H and O–H groups in total. The zero-order chi connectivity index (χ0) is 10.1. The van der Waals surface area contributed by atoms with Crippen LogP contribution >= 0.6 is 0 Å². The molecule has 0 aliphatic carbocycles. The Kier molecular flexibility index (Phi) is 1.88. The fourth-order valence-corrected chi connectivity index (χ4v) is 1.09. The molecule has 0 amide bonds. The number of aryl methyl sites for hydroxylation is 1. The lowest BCUT2D eigenvalue weighted by atomic mass is 10.4. The van der Waals surface area contributed by atoms with E-state index in [0.29, 0.717) is 18.0 Å². The van der Waals surface area contributed by atoms with Gasteiger partial charge in [0, 0.05) is 18.8 Å². The third-order valence-electron chi connectivity index (χ3n) is 1.80. The van der Waals surface area contributed by atoms with Crippen LogP contribution in [0.1, 0.15) is 23.1 Å². The first-order valence-electron chi connectivity index (χ1n) is 4.15. The molecule has 14 heavy (non-hydrogen) atoms. The standard InChI is InChI=1S/C8H8N4O2/c1-2-6-10-8-9-3-5(7(13)14)4-12(8)11-6/h3-4H,2H2,1H3,(H,13,14). The number of aromatic carboxylic acids is 1. The number of carboxylic acids is 1. The minimum atomic E-state index is -1.02. The van der Waals surface area contributed by atoms with Crippen molar-refractivity contribution in [1.82, 2.24) is 19.6 Å². The van der Waals surface area contributed by atoms with E-state index in [2.05, 4.69) is 15.1 Å². The molecule has 0 atom stereocenters. The van der Waals surface area contributed by atoms with Gasteiger partial charge < -0.3 is 5.11 Å². The monoisotopic (exact) mass is 192 g/mol. The fraction of sp³-hybridized carbons (Fsp3) is 0.250. The summed E-state index contributed by atoms with van der Waals surface area (Å²) < 4.78 is 1.38. The van der Waals surface area contributed by atoms with E-state index >= 15 is 0 Å². The lowest BCUT2D eigenvalue weighted by Crippen LogP contribution is -2.01. The van der Waals surface area contributed by atoms with Crippen LogP contribution in [0.4, 0.5) is 0 Å². The van der Waals surface area contributed by atoms with Gasteiger partial charge in [0.05, 0.1) is 5.56 Å². The third kappa shape index (κ3) is 1.30. The number of fused-ring (bicyclic) bond motifs is 1. The Bertz CT molecular complexity index is 491. The first kappa shape index (κ1) is 8.61. The summed E-state index contributed by atoms with van der Waals surface area (Å²) >= 11 is 0. The van der Waals surface area contributed by atoms with E-state index in [-0.39, 0.29) is 5.56 Å². The van der Waals surface area contributed by atoms with Gasteiger partial charge in [-0.3, -0.25) is 0 Å². The van der Waals surface area contributed by atoms with Gasteiger partial charge in [0.2, 0.25) is 0 Å². The smallest absolute Gasteiger partial charge is 0.338 e. The Hall–Kier alpha value is -1.98. The Morgan fingerprint density at radius 2 is 2.43 bits per heavy atom. The molecule has 0 unspecified atom stereocenters. The molecule has 6 heteroatoms. The van der Waals surface area contributed by atoms with Crippen molar-refractivity contribution in [2.75, 3.05) is 0 Å². The van der Waals surface area contributed by atoms with Gasteiger partial charge in [0.25, 0.3) is 5.78 Å². The molecule has 0 radical (unpaired) electrons.